The first kappa shape index (κ1) is 18.2. The van der Waals surface area contributed by atoms with Crippen LogP contribution < -0.4 is 0 Å². The van der Waals surface area contributed by atoms with E-state index in [0.29, 0.717) is 9.80 Å². The summed E-state index contributed by atoms with van der Waals surface area (Å²) in [6, 6.07) is 16.7. The van der Waals surface area contributed by atoms with Crippen LogP contribution in [0.15, 0.2) is 76.5 Å². The van der Waals surface area contributed by atoms with Crippen LogP contribution in [0.1, 0.15) is 37.3 Å². The van der Waals surface area contributed by atoms with E-state index >= 15 is 0 Å². The number of hydrogen-bond acceptors (Lipinski definition) is 2. The lowest BCUT2D eigenvalue weighted by Crippen LogP contribution is -2.03. The zero-order chi connectivity index (χ0) is 17.4. The van der Waals surface area contributed by atoms with Crippen LogP contribution in [0, 0.1) is 6.92 Å². The van der Waals surface area contributed by atoms with Gasteiger partial charge in [-0.1, -0.05) is 79.9 Å². The maximum Gasteiger partial charge on any atom is 0.206 e. The molecule has 126 valence electrons. The van der Waals surface area contributed by atoms with Crippen LogP contribution in [0.5, 0.6) is 0 Å². The summed E-state index contributed by atoms with van der Waals surface area (Å²) >= 11 is 0. The molecule has 0 saturated heterocycles. The molecule has 0 spiro atoms. The van der Waals surface area contributed by atoms with Gasteiger partial charge >= 0.3 is 0 Å². The molecule has 2 aromatic carbocycles. The summed E-state index contributed by atoms with van der Waals surface area (Å²) in [5.41, 5.74) is 2.03. The molecule has 0 amide bonds. The molecule has 0 aliphatic carbocycles. The van der Waals surface area contributed by atoms with Crippen molar-refractivity contribution in [1.29, 1.82) is 0 Å². The van der Waals surface area contributed by atoms with E-state index in [4.69, 9.17) is 0 Å². The highest BCUT2D eigenvalue weighted by molar-refractivity contribution is 7.95. The second-order valence-electron chi connectivity index (χ2n) is 5.81. The predicted molar refractivity (Wildman–Crippen MR) is 101 cm³/mol. The number of aryl methyl sites for hydroxylation is 1. The fourth-order valence-corrected chi connectivity index (χ4v) is 3.66. The smallest absolute Gasteiger partial charge is 0.206 e. The van der Waals surface area contributed by atoms with Crippen LogP contribution in [0.4, 0.5) is 0 Å². The van der Waals surface area contributed by atoms with Gasteiger partial charge < -0.3 is 0 Å². The van der Waals surface area contributed by atoms with E-state index in [0.717, 1.165) is 30.4 Å². The van der Waals surface area contributed by atoms with E-state index in [-0.39, 0.29) is 0 Å². The van der Waals surface area contributed by atoms with Crippen LogP contribution in [0.3, 0.4) is 0 Å². The predicted octanol–water partition coefficient (Wildman–Crippen LogP) is 5.56. The maximum absolute atomic E-state index is 12.9. The van der Waals surface area contributed by atoms with E-state index in [1.54, 1.807) is 18.2 Å². The third-order valence-electron chi connectivity index (χ3n) is 3.78. The molecule has 2 aromatic rings. The molecule has 0 atom stereocenters. The standard InChI is InChI=1S/C21H24O2S/c1-3-4-6-11-20(17-14-19-9-7-5-8-10-19)24(22,23)21-15-12-18(2)13-16-21/h5,7-17H,3-4,6H2,1-2H3/b17-14+,20-11-. The minimum absolute atomic E-state index is 0.341. The minimum Gasteiger partial charge on any atom is -0.219 e. The fraction of sp³-hybridized carbons (Fsp3) is 0.238. The summed E-state index contributed by atoms with van der Waals surface area (Å²) < 4.78 is 25.9. The van der Waals surface area contributed by atoms with Gasteiger partial charge in [-0.25, -0.2) is 8.42 Å². The monoisotopic (exact) mass is 340 g/mol. The molecule has 2 nitrogen and oxygen atoms in total. The number of hydrogen-bond donors (Lipinski definition) is 0. The third-order valence-corrected chi connectivity index (χ3v) is 5.60. The second kappa shape index (κ2) is 8.65. The number of unbranched alkanes of at least 4 members (excludes halogenated alkanes) is 2. The molecule has 24 heavy (non-hydrogen) atoms. The topological polar surface area (TPSA) is 34.1 Å². The zero-order valence-corrected chi connectivity index (χ0v) is 15.1. The molecule has 0 fully saturated rings. The Morgan fingerprint density at radius 3 is 2.29 bits per heavy atom. The molecule has 0 aliphatic heterocycles. The summed E-state index contributed by atoms with van der Waals surface area (Å²) in [5.74, 6) is 0. The van der Waals surface area contributed by atoms with Gasteiger partial charge in [0, 0.05) is 0 Å². The lowest BCUT2D eigenvalue weighted by atomic mass is 10.2. The van der Waals surface area contributed by atoms with Gasteiger partial charge in [-0.15, -0.1) is 0 Å². The molecule has 3 heteroatoms. The van der Waals surface area contributed by atoms with Gasteiger partial charge in [-0.2, -0.15) is 0 Å². The SMILES string of the molecule is CCCC/C=C(/C=C/c1ccccc1)S(=O)(=O)c1ccc(C)cc1. The van der Waals surface area contributed by atoms with Crippen molar-refractivity contribution in [3.8, 4) is 0 Å². The lowest BCUT2D eigenvalue weighted by molar-refractivity contribution is 0.602. The first-order valence-electron chi connectivity index (χ1n) is 8.29. The highest BCUT2D eigenvalue weighted by Crippen LogP contribution is 2.22. The van der Waals surface area contributed by atoms with Crippen LogP contribution in [0.25, 0.3) is 6.08 Å². The fourth-order valence-electron chi connectivity index (χ4n) is 2.31. The zero-order valence-electron chi connectivity index (χ0n) is 14.3. The van der Waals surface area contributed by atoms with E-state index in [2.05, 4.69) is 6.92 Å². The summed E-state index contributed by atoms with van der Waals surface area (Å²) in [6.07, 6.45) is 8.17. The van der Waals surface area contributed by atoms with E-state index in [9.17, 15) is 8.42 Å². The highest BCUT2D eigenvalue weighted by Gasteiger charge is 2.18. The molecular formula is C21H24O2S. The average molecular weight is 340 g/mol. The molecule has 0 heterocycles. The van der Waals surface area contributed by atoms with Gasteiger partial charge in [0.2, 0.25) is 9.84 Å². The Morgan fingerprint density at radius 2 is 1.67 bits per heavy atom. The van der Waals surface area contributed by atoms with Gasteiger partial charge in [-0.05, 0) is 37.1 Å². The number of allylic oxidation sites excluding steroid dienone is 2. The summed E-state index contributed by atoms with van der Waals surface area (Å²) in [5, 5.41) is 0. The Kier molecular flexibility index (Phi) is 6.56. The number of benzene rings is 2. The highest BCUT2D eigenvalue weighted by atomic mass is 32.2. The van der Waals surface area contributed by atoms with Crippen molar-refractivity contribution in [2.45, 2.75) is 38.0 Å². The van der Waals surface area contributed by atoms with Gasteiger partial charge in [0.25, 0.3) is 0 Å². The van der Waals surface area contributed by atoms with E-state index in [1.807, 2.05) is 61.5 Å². The van der Waals surface area contributed by atoms with Crippen LogP contribution >= 0.6 is 0 Å². The van der Waals surface area contributed by atoms with Crippen molar-refractivity contribution < 1.29 is 8.42 Å². The molecule has 0 saturated carbocycles. The van der Waals surface area contributed by atoms with Gasteiger partial charge in [0.1, 0.15) is 0 Å². The Morgan fingerprint density at radius 1 is 1.00 bits per heavy atom. The summed E-state index contributed by atoms with van der Waals surface area (Å²) in [4.78, 5) is 0.706. The molecule has 2 rings (SSSR count). The molecule has 0 aromatic heterocycles. The maximum atomic E-state index is 12.9. The molecular weight excluding hydrogens is 316 g/mol. The Bertz CT molecular complexity index is 799. The molecule has 0 radical (unpaired) electrons. The van der Waals surface area contributed by atoms with Gasteiger partial charge in [0.15, 0.2) is 0 Å². The van der Waals surface area contributed by atoms with Crippen molar-refractivity contribution in [2.24, 2.45) is 0 Å². The Hall–Kier alpha value is -2.13. The van der Waals surface area contributed by atoms with Crippen molar-refractivity contribution >= 4 is 15.9 Å². The lowest BCUT2D eigenvalue weighted by Gasteiger charge is -2.07. The number of rotatable bonds is 7. The Labute approximate surface area is 145 Å². The molecule has 0 unspecified atom stereocenters. The first-order valence-corrected chi connectivity index (χ1v) is 9.77. The minimum atomic E-state index is -3.49. The third kappa shape index (κ3) is 4.93. The van der Waals surface area contributed by atoms with E-state index in [1.165, 1.54) is 0 Å². The van der Waals surface area contributed by atoms with Crippen molar-refractivity contribution in [3.63, 3.8) is 0 Å². The van der Waals surface area contributed by atoms with Gasteiger partial charge in [0.05, 0.1) is 9.80 Å². The second-order valence-corrected chi connectivity index (χ2v) is 7.76. The largest absolute Gasteiger partial charge is 0.219 e. The molecule has 0 N–H and O–H groups in total. The average Bonchev–Trinajstić information content (AvgIpc) is 2.59. The Balaban J connectivity index is 2.36. The quantitative estimate of drug-likeness (QED) is 0.489. The van der Waals surface area contributed by atoms with Crippen LogP contribution in [-0.4, -0.2) is 8.42 Å². The van der Waals surface area contributed by atoms with Crippen molar-refractivity contribution in [2.75, 3.05) is 0 Å². The van der Waals surface area contributed by atoms with Crippen LogP contribution in [-0.2, 0) is 9.84 Å². The summed E-state index contributed by atoms with van der Waals surface area (Å²) in [6.45, 7) is 4.05. The van der Waals surface area contributed by atoms with Crippen molar-refractivity contribution in [3.05, 3.63) is 82.8 Å². The van der Waals surface area contributed by atoms with E-state index < -0.39 is 9.84 Å². The molecule has 0 aliphatic rings. The van der Waals surface area contributed by atoms with Crippen molar-refractivity contribution in [1.82, 2.24) is 0 Å². The first-order chi connectivity index (χ1) is 11.5. The molecule has 0 bridgehead atoms. The summed E-state index contributed by atoms with van der Waals surface area (Å²) in [7, 11) is -3.49. The van der Waals surface area contributed by atoms with Crippen LogP contribution in [0.2, 0.25) is 0 Å². The van der Waals surface area contributed by atoms with Gasteiger partial charge in [-0.3, -0.25) is 0 Å². The normalized spacial score (nSPS) is 12.7. The number of sulfone groups is 1.